The van der Waals surface area contributed by atoms with Gasteiger partial charge in [-0.05, 0) is 41.1 Å². The van der Waals surface area contributed by atoms with Crippen molar-refractivity contribution < 1.29 is 14.7 Å². The molecule has 0 spiro atoms. The predicted octanol–water partition coefficient (Wildman–Crippen LogP) is 4.23. The van der Waals surface area contributed by atoms with Crippen LogP contribution in [-0.2, 0) is 11.3 Å². The molecule has 1 aliphatic rings. The summed E-state index contributed by atoms with van der Waals surface area (Å²) >= 11 is 1.29. The molecule has 0 radical (unpaired) electrons. The molecule has 4 rings (SSSR count). The number of pyridine rings is 1. The highest BCUT2D eigenvalue weighted by atomic mass is 32.1. The highest BCUT2D eigenvalue weighted by molar-refractivity contribution is 7.12. The van der Waals surface area contributed by atoms with Crippen molar-refractivity contribution in [2.75, 3.05) is 0 Å². The van der Waals surface area contributed by atoms with E-state index < -0.39 is 17.7 Å². The number of carbonyl (C=O) groups excluding carboxylic acids is 2. The number of ketones is 1. The third kappa shape index (κ3) is 3.12. The van der Waals surface area contributed by atoms with Gasteiger partial charge in [-0.25, -0.2) is 0 Å². The summed E-state index contributed by atoms with van der Waals surface area (Å²) in [5, 5.41) is 12.5. The highest BCUT2D eigenvalue weighted by Crippen LogP contribution is 2.41. The van der Waals surface area contributed by atoms with Gasteiger partial charge in [0.2, 0.25) is 5.78 Å². The highest BCUT2D eigenvalue weighted by Gasteiger charge is 2.44. The fourth-order valence-electron chi connectivity index (χ4n) is 3.49. The molecular weight excluding hydrogens is 372 g/mol. The fraction of sp³-hybridized carbons (Fsp3) is 0.136. The number of amides is 1. The van der Waals surface area contributed by atoms with Gasteiger partial charge in [0, 0.05) is 18.9 Å². The average Bonchev–Trinajstić information content (AvgIpc) is 3.32. The second kappa shape index (κ2) is 7.40. The summed E-state index contributed by atoms with van der Waals surface area (Å²) in [6, 6.07) is 14.1. The Morgan fingerprint density at radius 3 is 2.68 bits per heavy atom. The van der Waals surface area contributed by atoms with Crippen molar-refractivity contribution in [1.82, 2.24) is 9.88 Å². The maximum Gasteiger partial charge on any atom is 0.290 e. The SMILES string of the molecule is Cc1ccccc1C1C(C(=O)c2cccs2)=C(O)C(=O)N1Cc1cccnc1. The van der Waals surface area contributed by atoms with Crippen molar-refractivity contribution in [3.8, 4) is 0 Å². The minimum absolute atomic E-state index is 0.130. The molecule has 0 saturated heterocycles. The van der Waals surface area contributed by atoms with E-state index >= 15 is 0 Å². The molecule has 140 valence electrons. The van der Waals surface area contributed by atoms with E-state index in [1.165, 1.54) is 16.2 Å². The van der Waals surface area contributed by atoms with Gasteiger partial charge < -0.3 is 10.0 Å². The van der Waals surface area contributed by atoms with Gasteiger partial charge in [0.1, 0.15) is 0 Å². The first kappa shape index (κ1) is 18.1. The minimum atomic E-state index is -0.650. The van der Waals surface area contributed by atoms with Crippen molar-refractivity contribution in [2.45, 2.75) is 19.5 Å². The summed E-state index contributed by atoms with van der Waals surface area (Å²) in [6.45, 7) is 2.18. The van der Waals surface area contributed by atoms with Crippen LogP contribution >= 0.6 is 11.3 Å². The van der Waals surface area contributed by atoms with Gasteiger partial charge in [-0.2, -0.15) is 0 Å². The molecule has 3 aromatic rings. The fourth-order valence-corrected chi connectivity index (χ4v) is 4.17. The van der Waals surface area contributed by atoms with E-state index in [-0.39, 0.29) is 17.9 Å². The smallest absolute Gasteiger partial charge is 0.290 e. The van der Waals surface area contributed by atoms with Gasteiger partial charge in [0.15, 0.2) is 5.76 Å². The Kier molecular flexibility index (Phi) is 4.79. The zero-order valence-corrected chi connectivity index (χ0v) is 16.0. The van der Waals surface area contributed by atoms with Gasteiger partial charge in [-0.1, -0.05) is 36.4 Å². The summed E-state index contributed by atoms with van der Waals surface area (Å²) < 4.78 is 0. The quantitative estimate of drug-likeness (QED) is 0.662. The van der Waals surface area contributed by atoms with E-state index in [2.05, 4.69) is 4.98 Å². The number of aryl methyl sites for hydroxylation is 1. The molecule has 0 fully saturated rings. The van der Waals surface area contributed by atoms with Crippen molar-refractivity contribution >= 4 is 23.0 Å². The lowest BCUT2D eigenvalue weighted by atomic mass is 9.92. The normalized spacial score (nSPS) is 16.7. The summed E-state index contributed by atoms with van der Waals surface area (Å²) in [7, 11) is 0. The van der Waals surface area contributed by atoms with Crippen LogP contribution in [0.15, 0.2) is 77.6 Å². The third-order valence-corrected chi connectivity index (χ3v) is 5.72. The van der Waals surface area contributed by atoms with Crippen LogP contribution in [0.2, 0.25) is 0 Å². The number of aliphatic hydroxyl groups excluding tert-OH is 1. The zero-order chi connectivity index (χ0) is 19.7. The summed E-state index contributed by atoms with van der Waals surface area (Å²) in [5.41, 5.74) is 2.73. The number of hydrogen-bond acceptors (Lipinski definition) is 5. The molecule has 0 bridgehead atoms. The van der Waals surface area contributed by atoms with Crippen LogP contribution in [0.1, 0.15) is 32.4 Å². The molecule has 3 heterocycles. The van der Waals surface area contributed by atoms with Crippen molar-refractivity contribution in [2.24, 2.45) is 0 Å². The Morgan fingerprint density at radius 1 is 1.18 bits per heavy atom. The van der Waals surface area contributed by atoms with Crippen LogP contribution in [-0.4, -0.2) is 26.7 Å². The predicted molar refractivity (Wildman–Crippen MR) is 107 cm³/mol. The monoisotopic (exact) mass is 390 g/mol. The van der Waals surface area contributed by atoms with Gasteiger partial charge in [0.25, 0.3) is 5.91 Å². The van der Waals surface area contributed by atoms with Crippen LogP contribution in [0.25, 0.3) is 0 Å². The molecular formula is C22H18N2O3S. The molecule has 0 saturated carbocycles. The number of thiophene rings is 1. The van der Waals surface area contributed by atoms with E-state index in [1.807, 2.05) is 37.3 Å². The molecule has 6 heteroatoms. The molecule has 1 amide bonds. The number of benzene rings is 1. The van der Waals surface area contributed by atoms with E-state index in [0.717, 1.165) is 16.7 Å². The molecule has 5 nitrogen and oxygen atoms in total. The Balaban J connectivity index is 1.82. The Morgan fingerprint density at radius 2 is 2.00 bits per heavy atom. The molecule has 0 aliphatic carbocycles. The van der Waals surface area contributed by atoms with E-state index in [4.69, 9.17) is 0 Å². The van der Waals surface area contributed by atoms with Gasteiger partial charge in [-0.15, -0.1) is 11.3 Å². The number of aliphatic hydroxyl groups is 1. The zero-order valence-electron chi connectivity index (χ0n) is 15.2. The molecule has 1 atom stereocenters. The number of carbonyl (C=O) groups is 2. The molecule has 2 aromatic heterocycles. The average molecular weight is 390 g/mol. The Hall–Kier alpha value is -3.25. The minimum Gasteiger partial charge on any atom is -0.503 e. The van der Waals surface area contributed by atoms with Gasteiger partial charge in [0.05, 0.1) is 16.5 Å². The topological polar surface area (TPSA) is 70.5 Å². The number of hydrogen-bond donors (Lipinski definition) is 1. The molecule has 28 heavy (non-hydrogen) atoms. The van der Waals surface area contributed by atoms with E-state index in [9.17, 15) is 14.7 Å². The molecule has 1 unspecified atom stereocenters. The van der Waals surface area contributed by atoms with Crippen LogP contribution in [0.5, 0.6) is 0 Å². The maximum atomic E-state index is 13.2. The number of aromatic nitrogens is 1. The lowest BCUT2D eigenvalue weighted by Gasteiger charge is -2.28. The summed E-state index contributed by atoms with van der Waals surface area (Å²) in [5.74, 6) is -1.34. The maximum absolute atomic E-state index is 13.2. The lowest BCUT2D eigenvalue weighted by Crippen LogP contribution is -2.31. The van der Waals surface area contributed by atoms with Crippen molar-refractivity contribution in [1.29, 1.82) is 0 Å². The lowest BCUT2D eigenvalue weighted by molar-refractivity contribution is -0.130. The van der Waals surface area contributed by atoms with Crippen molar-refractivity contribution in [3.63, 3.8) is 0 Å². The van der Waals surface area contributed by atoms with Crippen LogP contribution in [0.4, 0.5) is 0 Å². The second-order valence-electron chi connectivity index (χ2n) is 6.62. The Bertz CT molecular complexity index is 1060. The third-order valence-electron chi connectivity index (χ3n) is 4.85. The van der Waals surface area contributed by atoms with E-state index in [0.29, 0.717) is 4.88 Å². The molecule has 1 aromatic carbocycles. The first-order valence-corrected chi connectivity index (χ1v) is 9.72. The van der Waals surface area contributed by atoms with Crippen LogP contribution in [0, 0.1) is 6.92 Å². The van der Waals surface area contributed by atoms with Gasteiger partial charge in [-0.3, -0.25) is 14.6 Å². The summed E-state index contributed by atoms with van der Waals surface area (Å²) in [4.78, 5) is 32.2. The number of rotatable bonds is 5. The Labute approximate surface area is 166 Å². The molecule has 1 aliphatic heterocycles. The standard InChI is InChI=1S/C22H18N2O3S/c1-14-6-2-3-8-16(14)19-18(20(25)17-9-5-11-28-17)21(26)22(27)24(19)13-15-7-4-10-23-12-15/h2-12,19,26H,13H2,1H3. The largest absolute Gasteiger partial charge is 0.503 e. The number of nitrogens with zero attached hydrogens (tertiary/aromatic N) is 2. The first-order chi connectivity index (χ1) is 13.6. The second-order valence-corrected chi connectivity index (χ2v) is 7.57. The van der Waals surface area contributed by atoms with Crippen LogP contribution in [0.3, 0.4) is 0 Å². The summed E-state index contributed by atoms with van der Waals surface area (Å²) in [6.07, 6.45) is 3.34. The number of Topliss-reactive ketones (excluding diaryl/α,β-unsaturated/α-hetero) is 1. The van der Waals surface area contributed by atoms with Crippen LogP contribution < -0.4 is 0 Å². The first-order valence-electron chi connectivity index (χ1n) is 8.84. The van der Waals surface area contributed by atoms with E-state index in [1.54, 1.807) is 36.0 Å². The van der Waals surface area contributed by atoms with Crippen molar-refractivity contribution in [3.05, 3.63) is 99.2 Å². The van der Waals surface area contributed by atoms with Gasteiger partial charge >= 0.3 is 0 Å². The molecule has 1 N–H and O–H groups in total.